The third-order valence-electron chi connectivity index (χ3n) is 4.16. The highest BCUT2D eigenvalue weighted by molar-refractivity contribution is 6.07. The lowest BCUT2D eigenvalue weighted by molar-refractivity contribution is 0.0744. The number of hydrogen-bond acceptors (Lipinski definition) is 2. The molecule has 3 nitrogen and oxygen atoms in total. The van der Waals surface area contributed by atoms with E-state index in [0.717, 1.165) is 28.3 Å². The second-order valence-electron chi connectivity index (χ2n) is 5.88. The molecule has 0 heterocycles. The predicted octanol–water partition coefficient (Wildman–Crippen LogP) is 3.83. The first-order valence-electron chi connectivity index (χ1n) is 8.30. The maximum absolute atomic E-state index is 13.2. The van der Waals surface area contributed by atoms with Crippen molar-refractivity contribution in [3.8, 4) is 0 Å². The van der Waals surface area contributed by atoms with Crippen molar-refractivity contribution in [1.82, 2.24) is 4.90 Å². The van der Waals surface area contributed by atoms with Crippen LogP contribution in [0.1, 0.15) is 22.3 Å². The van der Waals surface area contributed by atoms with Gasteiger partial charge < -0.3 is 10.6 Å². The lowest BCUT2D eigenvalue weighted by atomic mass is 10.0. The van der Waals surface area contributed by atoms with Gasteiger partial charge in [0.25, 0.3) is 5.91 Å². The molecule has 0 aliphatic carbocycles. The molecule has 3 rings (SSSR count). The molecule has 0 unspecified atom stereocenters. The summed E-state index contributed by atoms with van der Waals surface area (Å²) in [5, 5.41) is 2.08. The SMILES string of the molecule is NCCCN(Cc1ccccc1)C(=O)c1cccc2ccccc12. The average molecular weight is 318 g/mol. The summed E-state index contributed by atoms with van der Waals surface area (Å²) in [6.45, 7) is 1.84. The standard InChI is InChI=1S/C21H22N2O/c22-14-7-15-23(16-17-8-2-1-3-9-17)21(24)20-13-6-11-18-10-4-5-12-19(18)20/h1-6,8-13H,7,14-16,22H2. The van der Waals surface area contributed by atoms with Crippen LogP contribution in [0.3, 0.4) is 0 Å². The van der Waals surface area contributed by atoms with E-state index in [1.807, 2.05) is 77.7 Å². The molecule has 1 amide bonds. The van der Waals surface area contributed by atoms with Crippen molar-refractivity contribution in [2.24, 2.45) is 5.73 Å². The first-order chi connectivity index (χ1) is 11.8. The molecule has 0 atom stereocenters. The molecular weight excluding hydrogens is 296 g/mol. The van der Waals surface area contributed by atoms with Crippen LogP contribution in [0.2, 0.25) is 0 Å². The third kappa shape index (κ3) is 3.63. The summed E-state index contributed by atoms with van der Waals surface area (Å²) in [6, 6.07) is 24.0. The Balaban J connectivity index is 1.92. The number of hydrogen-bond donors (Lipinski definition) is 1. The maximum atomic E-state index is 13.2. The normalized spacial score (nSPS) is 10.7. The van der Waals surface area contributed by atoms with Crippen LogP contribution in [0.4, 0.5) is 0 Å². The van der Waals surface area contributed by atoms with Crippen molar-refractivity contribution >= 4 is 16.7 Å². The highest BCUT2D eigenvalue weighted by atomic mass is 16.2. The van der Waals surface area contributed by atoms with Crippen molar-refractivity contribution in [3.63, 3.8) is 0 Å². The molecule has 0 aliphatic heterocycles. The van der Waals surface area contributed by atoms with Crippen LogP contribution in [0.25, 0.3) is 10.8 Å². The highest BCUT2D eigenvalue weighted by Gasteiger charge is 2.17. The fourth-order valence-electron chi connectivity index (χ4n) is 2.92. The van der Waals surface area contributed by atoms with Gasteiger partial charge in [0.1, 0.15) is 0 Å². The van der Waals surface area contributed by atoms with E-state index in [2.05, 4.69) is 0 Å². The number of nitrogens with two attached hydrogens (primary N) is 1. The first kappa shape index (κ1) is 16.2. The Morgan fingerprint density at radius 1 is 0.875 bits per heavy atom. The molecule has 0 fully saturated rings. The second-order valence-corrected chi connectivity index (χ2v) is 5.88. The van der Waals surface area contributed by atoms with Gasteiger partial charge >= 0.3 is 0 Å². The molecule has 0 saturated carbocycles. The Morgan fingerprint density at radius 3 is 2.38 bits per heavy atom. The van der Waals surface area contributed by atoms with Gasteiger partial charge in [-0.2, -0.15) is 0 Å². The summed E-state index contributed by atoms with van der Waals surface area (Å²) < 4.78 is 0. The van der Waals surface area contributed by atoms with Gasteiger partial charge in [-0.05, 0) is 35.4 Å². The Hall–Kier alpha value is -2.65. The molecule has 0 aromatic heterocycles. The molecule has 122 valence electrons. The zero-order valence-electron chi connectivity index (χ0n) is 13.7. The number of carbonyl (C=O) groups excluding carboxylic acids is 1. The van der Waals surface area contributed by atoms with Gasteiger partial charge in [0.15, 0.2) is 0 Å². The minimum atomic E-state index is 0.0594. The Bertz CT molecular complexity index is 809. The van der Waals surface area contributed by atoms with E-state index >= 15 is 0 Å². The number of carbonyl (C=O) groups is 1. The highest BCUT2D eigenvalue weighted by Crippen LogP contribution is 2.21. The van der Waals surface area contributed by atoms with E-state index in [1.54, 1.807) is 0 Å². The monoisotopic (exact) mass is 318 g/mol. The average Bonchev–Trinajstić information content (AvgIpc) is 2.65. The molecular formula is C21H22N2O. The van der Waals surface area contributed by atoms with Gasteiger partial charge in [0.05, 0.1) is 0 Å². The molecule has 0 aliphatic rings. The summed E-state index contributed by atoms with van der Waals surface area (Å²) >= 11 is 0. The molecule has 24 heavy (non-hydrogen) atoms. The fourth-order valence-corrected chi connectivity index (χ4v) is 2.92. The van der Waals surface area contributed by atoms with E-state index in [4.69, 9.17) is 5.73 Å². The zero-order valence-corrected chi connectivity index (χ0v) is 13.7. The van der Waals surface area contributed by atoms with Crippen molar-refractivity contribution in [2.45, 2.75) is 13.0 Å². The Labute approximate surface area is 142 Å². The van der Waals surface area contributed by atoms with Gasteiger partial charge in [-0.15, -0.1) is 0 Å². The number of nitrogens with zero attached hydrogens (tertiary/aromatic N) is 1. The van der Waals surface area contributed by atoms with Crippen LogP contribution in [0, 0.1) is 0 Å². The van der Waals surface area contributed by atoms with Crippen molar-refractivity contribution in [3.05, 3.63) is 83.9 Å². The fraction of sp³-hybridized carbons (Fsp3) is 0.190. The van der Waals surface area contributed by atoms with Crippen LogP contribution in [0.5, 0.6) is 0 Å². The van der Waals surface area contributed by atoms with Gasteiger partial charge in [-0.1, -0.05) is 66.7 Å². The quantitative estimate of drug-likeness (QED) is 0.751. The van der Waals surface area contributed by atoms with Crippen molar-refractivity contribution < 1.29 is 4.79 Å². The number of benzene rings is 3. The largest absolute Gasteiger partial charge is 0.334 e. The number of rotatable bonds is 6. The third-order valence-corrected chi connectivity index (χ3v) is 4.16. The minimum absolute atomic E-state index is 0.0594. The molecule has 0 spiro atoms. The van der Waals surface area contributed by atoms with Gasteiger partial charge in [0, 0.05) is 18.7 Å². The first-order valence-corrected chi connectivity index (χ1v) is 8.30. The lowest BCUT2D eigenvalue weighted by Crippen LogP contribution is -2.32. The van der Waals surface area contributed by atoms with E-state index in [-0.39, 0.29) is 5.91 Å². The zero-order chi connectivity index (χ0) is 16.8. The van der Waals surface area contributed by atoms with Gasteiger partial charge in [-0.3, -0.25) is 4.79 Å². The molecule has 3 aromatic rings. The number of fused-ring (bicyclic) bond motifs is 1. The molecule has 0 saturated heterocycles. The van der Waals surface area contributed by atoms with Crippen molar-refractivity contribution in [1.29, 1.82) is 0 Å². The second kappa shape index (κ2) is 7.75. The van der Waals surface area contributed by atoms with Gasteiger partial charge in [-0.25, -0.2) is 0 Å². The van der Waals surface area contributed by atoms with Crippen LogP contribution in [0.15, 0.2) is 72.8 Å². The van der Waals surface area contributed by atoms with E-state index in [1.165, 1.54) is 0 Å². The smallest absolute Gasteiger partial charge is 0.254 e. The Kier molecular flexibility index (Phi) is 5.24. The maximum Gasteiger partial charge on any atom is 0.254 e. The minimum Gasteiger partial charge on any atom is -0.334 e. The molecule has 3 heteroatoms. The topological polar surface area (TPSA) is 46.3 Å². The number of amides is 1. The van der Waals surface area contributed by atoms with E-state index in [0.29, 0.717) is 19.6 Å². The predicted molar refractivity (Wildman–Crippen MR) is 98.8 cm³/mol. The summed E-state index contributed by atoms with van der Waals surface area (Å²) in [5.41, 5.74) is 7.54. The summed E-state index contributed by atoms with van der Waals surface area (Å²) in [6.07, 6.45) is 0.795. The van der Waals surface area contributed by atoms with Crippen LogP contribution in [-0.4, -0.2) is 23.9 Å². The lowest BCUT2D eigenvalue weighted by Gasteiger charge is -2.23. The van der Waals surface area contributed by atoms with Crippen LogP contribution in [-0.2, 0) is 6.54 Å². The molecule has 0 radical (unpaired) electrons. The molecule has 2 N–H and O–H groups in total. The van der Waals surface area contributed by atoms with Crippen LogP contribution >= 0.6 is 0 Å². The van der Waals surface area contributed by atoms with E-state index in [9.17, 15) is 4.79 Å². The Morgan fingerprint density at radius 2 is 1.58 bits per heavy atom. The van der Waals surface area contributed by atoms with Crippen molar-refractivity contribution in [2.75, 3.05) is 13.1 Å². The van der Waals surface area contributed by atoms with Gasteiger partial charge in [0.2, 0.25) is 0 Å². The summed E-state index contributed by atoms with van der Waals surface area (Å²) in [4.78, 5) is 15.0. The molecule has 0 bridgehead atoms. The summed E-state index contributed by atoms with van der Waals surface area (Å²) in [5.74, 6) is 0.0594. The van der Waals surface area contributed by atoms with Crippen LogP contribution < -0.4 is 5.73 Å². The molecule has 3 aromatic carbocycles. The summed E-state index contributed by atoms with van der Waals surface area (Å²) in [7, 11) is 0. The van der Waals surface area contributed by atoms with E-state index < -0.39 is 0 Å².